The summed E-state index contributed by atoms with van der Waals surface area (Å²) in [5.74, 6) is -2.54. The van der Waals surface area contributed by atoms with E-state index in [0.29, 0.717) is 6.54 Å². The molecule has 31 heavy (non-hydrogen) atoms. The van der Waals surface area contributed by atoms with Crippen LogP contribution < -0.4 is 0 Å². The Balaban J connectivity index is 1.25. The molecule has 0 unspecified atom stereocenters. The van der Waals surface area contributed by atoms with Gasteiger partial charge in [0.2, 0.25) is 0 Å². The van der Waals surface area contributed by atoms with Gasteiger partial charge >= 0.3 is 0 Å². The number of halogens is 2. The summed E-state index contributed by atoms with van der Waals surface area (Å²) < 4.78 is 36.7. The van der Waals surface area contributed by atoms with Gasteiger partial charge in [0.1, 0.15) is 17.5 Å². The molecule has 0 bridgehead atoms. The number of hydrogen-bond donors (Lipinski definition) is 0. The van der Waals surface area contributed by atoms with E-state index >= 15 is 0 Å². The lowest BCUT2D eigenvalue weighted by Crippen LogP contribution is -2.53. The molecule has 170 valence electrons. The first-order chi connectivity index (χ1) is 15.0. The number of hydrogen-bond acceptors (Lipinski definition) is 6. The highest BCUT2D eigenvalue weighted by Gasteiger charge is 2.42. The fourth-order valence-corrected chi connectivity index (χ4v) is 5.92. The highest BCUT2D eigenvalue weighted by atomic mass is 32.2. The highest BCUT2D eigenvalue weighted by Crippen LogP contribution is 2.37. The summed E-state index contributed by atoms with van der Waals surface area (Å²) in [4.78, 5) is 8.96. The van der Waals surface area contributed by atoms with Gasteiger partial charge in [0.15, 0.2) is 0 Å². The first-order valence-electron chi connectivity index (χ1n) is 11.4. The minimum atomic E-state index is -2.54. The van der Waals surface area contributed by atoms with E-state index in [1.54, 1.807) is 18.1 Å². The molecule has 3 atom stereocenters. The molecule has 3 aliphatic rings. The molecular weight excluding hydrogens is 420 g/mol. The maximum Gasteiger partial charge on any atom is 0.250 e. The van der Waals surface area contributed by atoms with Crippen LogP contribution in [0.3, 0.4) is 0 Å². The predicted molar refractivity (Wildman–Crippen MR) is 117 cm³/mol. The van der Waals surface area contributed by atoms with Crippen LogP contribution in [0.25, 0.3) is 5.52 Å². The van der Waals surface area contributed by atoms with Gasteiger partial charge in [-0.3, -0.25) is 4.90 Å². The van der Waals surface area contributed by atoms with Crippen molar-refractivity contribution >= 4 is 17.3 Å². The van der Waals surface area contributed by atoms with Crippen molar-refractivity contribution in [3.63, 3.8) is 0 Å². The molecule has 3 saturated heterocycles. The number of rotatable bonds is 6. The average Bonchev–Trinajstić information content (AvgIpc) is 3.50. The van der Waals surface area contributed by atoms with E-state index in [-0.39, 0.29) is 31.1 Å². The summed E-state index contributed by atoms with van der Waals surface area (Å²) >= 11 is 1.61. The van der Waals surface area contributed by atoms with Crippen molar-refractivity contribution < 1.29 is 13.5 Å². The zero-order chi connectivity index (χ0) is 21.4. The van der Waals surface area contributed by atoms with E-state index in [2.05, 4.69) is 32.0 Å². The summed E-state index contributed by atoms with van der Waals surface area (Å²) in [5.41, 5.74) is 2.05. The van der Waals surface area contributed by atoms with Gasteiger partial charge in [-0.25, -0.2) is 18.3 Å². The van der Waals surface area contributed by atoms with Crippen molar-refractivity contribution in [1.29, 1.82) is 0 Å². The van der Waals surface area contributed by atoms with Crippen molar-refractivity contribution in [2.24, 2.45) is 0 Å². The van der Waals surface area contributed by atoms with Crippen molar-refractivity contribution in [3.8, 4) is 0 Å². The number of ether oxygens (including phenoxy) is 1. The van der Waals surface area contributed by atoms with Crippen LogP contribution in [0.4, 0.5) is 8.78 Å². The molecule has 2 aromatic rings. The fourth-order valence-electron chi connectivity index (χ4n) is 5.40. The third kappa shape index (κ3) is 4.60. The normalized spacial score (nSPS) is 29.8. The first kappa shape index (κ1) is 21.6. The molecule has 0 aliphatic carbocycles. The van der Waals surface area contributed by atoms with E-state index in [9.17, 15) is 8.78 Å². The van der Waals surface area contributed by atoms with Gasteiger partial charge < -0.3 is 9.64 Å². The van der Waals surface area contributed by atoms with Crippen molar-refractivity contribution in [2.75, 3.05) is 39.0 Å². The SMILES string of the molecule is CSc1ncnn2c([C@H]3CC[C@@H](CN4CCC(F)(F)C[C@H]4CN4CCCC4)O3)ccc12. The molecule has 5 rings (SSSR count). The Morgan fingerprint density at radius 2 is 2.00 bits per heavy atom. The number of nitrogens with zero attached hydrogens (tertiary/aromatic N) is 5. The van der Waals surface area contributed by atoms with Crippen LogP contribution in [0.5, 0.6) is 0 Å². The minimum Gasteiger partial charge on any atom is -0.367 e. The van der Waals surface area contributed by atoms with Crippen LogP contribution >= 0.6 is 11.8 Å². The lowest BCUT2D eigenvalue weighted by molar-refractivity contribution is -0.0931. The van der Waals surface area contributed by atoms with Crippen LogP contribution in [0.2, 0.25) is 0 Å². The van der Waals surface area contributed by atoms with Gasteiger partial charge in [0.25, 0.3) is 5.92 Å². The molecular formula is C22H31F2N5OS. The molecule has 0 saturated carbocycles. The summed E-state index contributed by atoms with van der Waals surface area (Å²) in [7, 11) is 0. The van der Waals surface area contributed by atoms with Crippen molar-refractivity contribution in [3.05, 3.63) is 24.2 Å². The standard InChI is InChI=1S/C22H31F2N5OS/c1-31-21-19-6-5-18(29(19)26-15-25-21)20-7-4-17(30-20)14-28-11-8-22(23,24)12-16(28)13-27-9-2-3-10-27/h5-6,15-17,20H,2-4,7-14H2,1H3/t16-,17-,20+/m0/s1. The molecule has 0 aromatic carbocycles. The van der Waals surface area contributed by atoms with Crippen LogP contribution in [-0.4, -0.2) is 81.4 Å². The van der Waals surface area contributed by atoms with Gasteiger partial charge in [-0.2, -0.15) is 5.10 Å². The lowest BCUT2D eigenvalue weighted by Gasteiger charge is -2.41. The number of piperidine rings is 1. The van der Waals surface area contributed by atoms with Gasteiger partial charge in [0, 0.05) is 38.5 Å². The quantitative estimate of drug-likeness (QED) is 0.622. The van der Waals surface area contributed by atoms with Crippen LogP contribution in [0.1, 0.15) is 50.3 Å². The Bertz CT molecular complexity index is 903. The average molecular weight is 452 g/mol. The Kier molecular flexibility index (Phi) is 6.20. The maximum absolute atomic E-state index is 14.2. The molecule has 3 fully saturated rings. The first-order valence-corrected chi connectivity index (χ1v) is 12.6. The monoisotopic (exact) mass is 451 g/mol. The van der Waals surface area contributed by atoms with Crippen molar-refractivity contribution in [1.82, 2.24) is 24.4 Å². The van der Waals surface area contributed by atoms with Crippen LogP contribution in [0.15, 0.2) is 23.5 Å². The topological polar surface area (TPSA) is 45.9 Å². The smallest absolute Gasteiger partial charge is 0.250 e. The van der Waals surface area contributed by atoms with E-state index in [4.69, 9.17) is 4.74 Å². The molecule has 2 aromatic heterocycles. The number of fused-ring (bicyclic) bond motifs is 1. The largest absolute Gasteiger partial charge is 0.367 e. The Morgan fingerprint density at radius 1 is 1.16 bits per heavy atom. The van der Waals surface area contributed by atoms with E-state index in [1.807, 2.05) is 10.8 Å². The van der Waals surface area contributed by atoms with E-state index in [1.165, 1.54) is 12.8 Å². The zero-order valence-corrected chi connectivity index (χ0v) is 18.9. The summed E-state index contributed by atoms with van der Waals surface area (Å²) in [5, 5.41) is 5.39. The Hall–Kier alpha value is -1.29. The van der Waals surface area contributed by atoms with Crippen molar-refractivity contribution in [2.45, 2.75) is 67.7 Å². The lowest BCUT2D eigenvalue weighted by atomic mass is 9.97. The molecule has 3 aliphatic heterocycles. The van der Waals surface area contributed by atoms with Crippen LogP contribution in [-0.2, 0) is 4.74 Å². The fraction of sp³-hybridized carbons (Fsp3) is 0.727. The second kappa shape index (κ2) is 8.92. The molecule has 0 radical (unpaired) electrons. The Morgan fingerprint density at radius 3 is 2.81 bits per heavy atom. The summed E-state index contributed by atoms with van der Waals surface area (Å²) in [6, 6.07) is 4.04. The molecule has 5 heterocycles. The van der Waals surface area contributed by atoms with E-state index in [0.717, 1.165) is 55.3 Å². The van der Waals surface area contributed by atoms with Crippen LogP contribution in [0, 0.1) is 0 Å². The number of thioether (sulfide) groups is 1. The molecule has 0 spiro atoms. The summed E-state index contributed by atoms with van der Waals surface area (Å²) in [6.07, 6.45) is 7.83. The molecule has 0 N–H and O–H groups in total. The third-order valence-electron chi connectivity index (χ3n) is 7.00. The number of alkyl halides is 2. The maximum atomic E-state index is 14.2. The van der Waals surface area contributed by atoms with Gasteiger partial charge in [0.05, 0.1) is 17.3 Å². The summed E-state index contributed by atoms with van der Waals surface area (Å²) in [6.45, 7) is 4.02. The third-order valence-corrected chi connectivity index (χ3v) is 7.70. The van der Waals surface area contributed by atoms with Gasteiger partial charge in [-0.15, -0.1) is 11.8 Å². The Labute approximate surface area is 186 Å². The van der Waals surface area contributed by atoms with Gasteiger partial charge in [-0.1, -0.05) is 0 Å². The second-order valence-electron chi connectivity index (χ2n) is 9.12. The zero-order valence-electron chi connectivity index (χ0n) is 18.1. The second-order valence-corrected chi connectivity index (χ2v) is 9.91. The van der Waals surface area contributed by atoms with Gasteiger partial charge in [-0.05, 0) is 57.2 Å². The molecule has 6 nitrogen and oxygen atoms in total. The molecule has 9 heteroatoms. The predicted octanol–water partition coefficient (Wildman–Crippen LogP) is 3.87. The minimum absolute atomic E-state index is 0.0135. The number of likely N-dealkylation sites (tertiary alicyclic amines) is 2. The molecule has 0 amide bonds. The number of aromatic nitrogens is 3. The highest BCUT2D eigenvalue weighted by molar-refractivity contribution is 7.98. The van der Waals surface area contributed by atoms with E-state index < -0.39 is 5.92 Å².